The Morgan fingerprint density at radius 3 is 2.64 bits per heavy atom. The number of benzene rings is 2. The first-order chi connectivity index (χ1) is 15.7. The molecular formula is C22H22BrN5O4S. The zero-order chi connectivity index (χ0) is 23.6. The molecule has 0 amide bonds. The number of hydrogen-bond donors (Lipinski definition) is 4. The van der Waals surface area contributed by atoms with Crippen LogP contribution in [-0.4, -0.2) is 46.3 Å². The van der Waals surface area contributed by atoms with Gasteiger partial charge in [0, 0.05) is 24.7 Å². The van der Waals surface area contributed by atoms with E-state index in [0.717, 1.165) is 0 Å². The monoisotopic (exact) mass is 531 g/mol. The van der Waals surface area contributed by atoms with Crippen molar-refractivity contribution in [1.82, 2.24) is 19.3 Å². The Morgan fingerprint density at radius 1 is 1.09 bits per heavy atom. The molecule has 2 aromatic heterocycles. The summed E-state index contributed by atoms with van der Waals surface area (Å²) in [6.45, 7) is 2.38. The van der Waals surface area contributed by atoms with E-state index in [1.807, 2.05) is 6.07 Å². The molecule has 0 unspecified atom stereocenters. The number of halogens is 1. The Hall–Kier alpha value is -3.15. The van der Waals surface area contributed by atoms with Crippen molar-refractivity contribution < 1.29 is 18.6 Å². The van der Waals surface area contributed by atoms with Crippen molar-refractivity contribution in [2.75, 3.05) is 18.4 Å². The Kier molecular flexibility index (Phi) is 6.54. The number of anilines is 1. The van der Waals surface area contributed by atoms with Gasteiger partial charge in [0.15, 0.2) is 5.65 Å². The van der Waals surface area contributed by atoms with Crippen LogP contribution in [0.2, 0.25) is 0 Å². The molecule has 0 atom stereocenters. The van der Waals surface area contributed by atoms with E-state index in [4.69, 9.17) is 0 Å². The van der Waals surface area contributed by atoms with E-state index in [9.17, 15) is 18.6 Å². The lowest BCUT2D eigenvalue weighted by Crippen LogP contribution is -2.26. The van der Waals surface area contributed by atoms with E-state index in [-0.39, 0.29) is 22.9 Å². The minimum absolute atomic E-state index is 0.0255. The minimum Gasteiger partial charge on any atom is -0.508 e. The van der Waals surface area contributed by atoms with E-state index in [2.05, 4.69) is 36.1 Å². The fourth-order valence-corrected chi connectivity index (χ4v) is 4.91. The lowest BCUT2D eigenvalue weighted by atomic mass is 10.1. The van der Waals surface area contributed by atoms with Gasteiger partial charge in [0.05, 0.1) is 21.3 Å². The van der Waals surface area contributed by atoms with Crippen molar-refractivity contribution in [3.05, 3.63) is 64.8 Å². The second-order valence-electron chi connectivity index (χ2n) is 7.45. The Bertz CT molecular complexity index is 1400. The van der Waals surface area contributed by atoms with E-state index >= 15 is 0 Å². The number of aryl methyl sites for hydroxylation is 1. The number of hydrogen-bond acceptors (Lipinski definition) is 7. The molecule has 0 aliphatic carbocycles. The van der Waals surface area contributed by atoms with Crippen LogP contribution in [0.5, 0.6) is 11.5 Å². The molecule has 4 rings (SSSR count). The first-order valence-corrected chi connectivity index (χ1v) is 12.4. The van der Waals surface area contributed by atoms with Gasteiger partial charge in [0.25, 0.3) is 0 Å². The summed E-state index contributed by atoms with van der Waals surface area (Å²) in [4.78, 5) is 4.62. The molecule has 33 heavy (non-hydrogen) atoms. The number of phenolic OH excluding ortho intramolecular Hbond substituents is 2. The highest BCUT2D eigenvalue weighted by atomic mass is 79.9. The summed E-state index contributed by atoms with van der Waals surface area (Å²) in [5, 5.41) is 27.5. The molecular weight excluding hydrogens is 510 g/mol. The van der Waals surface area contributed by atoms with Crippen LogP contribution in [0.15, 0.2) is 64.1 Å². The molecule has 11 heteroatoms. The molecule has 2 heterocycles. The van der Waals surface area contributed by atoms with Gasteiger partial charge in [-0.15, -0.1) is 0 Å². The average Bonchev–Trinajstić information content (AvgIpc) is 3.14. The van der Waals surface area contributed by atoms with E-state index in [1.165, 1.54) is 18.2 Å². The zero-order valence-corrected chi connectivity index (χ0v) is 20.1. The molecule has 0 radical (unpaired) electrons. The largest absolute Gasteiger partial charge is 0.508 e. The molecule has 0 saturated carbocycles. The quantitative estimate of drug-likeness (QED) is 0.255. The molecule has 9 nitrogen and oxygen atoms in total. The van der Waals surface area contributed by atoms with Gasteiger partial charge >= 0.3 is 0 Å². The van der Waals surface area contributed by atoms with Crippen LogP contribution < -0.4 is 10.0 Å². The summed E-state index contributed by atoms with van der Waals surface area (Å²) in [6.07, 6.45) is 2.13. The second-order valence-corrected chi connectivity index (χ2v) is 10.1. The molecule has 0 aliphatic rings. The summed E-state index contributed by atoms with van der Waals surface area (Å²) >= 11 is 3.44. The maximum absolute atomic E-state index is 12.5. The van der Waals surface area contributed by atoms with Crippen LogP contribution in [0.25, 0.3) is 16.9 Å². The van der Waals surface area contributed by atoms with Gasteiger partial charge in [-0.2, -0.15) is 9.61 Å². The van der Waals surface area contributed by atoms with Crippen molar-refractivity contribution in [3.63, 3.8) is 0 Å². The number of nitrogens with zero attached hydrogens (tertiary/aromatic N) is 3. The molecule has 2 aromatic carbocycles. The van der Waals surface area contributed by atoms with Gasteiger partial charge in [0.1, 0.15) is 17.3 Å². The van der Waals surface area contributed by atoms with Crippen LogP contribution in [-0.2, 0) is 10.0 Å². The number of sulfonamides is 1. The van der Waals surface area contributed by atoms with Gasteiger partial charge in [-0.1, -0.05) is 12.1 Å². The second kappa shape index (κ2) is 9.38. The smallest absolute Gasteiger partial charge is 0.240 e. The van der Waals surface area contributed by atoms with Crippen molar-refractivity contribution in [1.29, 1.82) is 0 Å². The third-order valence-corrected chi connectivity index (χ3v) is 6.91. The lowest BCUT2D eigenvalue weighted by molar-refractivity contribution is 0.472. The highest BCUT2D eigenvalue weighted by Gasteiger charge is 2.16. The van der Waals surface area contributed by atoms with Gasteiger partial charge < -0.3 is 15.5 Å². The summed E-state index contributed by atoms with van der Waals surface area (Å²) in [5.74, 6) is 0.673. The molecule has 0 bridgehead atoms. The van der Waals surface area contributed by atoms with E-state index < -0.39 is 10.0 Å². The summed E-state index contributed by atoms with van der Waals surface area (Å²) in [7, 11) is -3.73. The average molecular weight is 532 g/mol. The molecule has 4 N–H and O–H groups in total. The predicted molar refractivity (Wildman–Crippen MR) is 129 cm³/mol. The van der Waals surface area contributed by atoms with E-state index in [0.29, 0.717) is 45.7 Å². The summed E-state index contributed by atoms with van der Waals surface area (Å²) in [6, 6.07) is 12.9. The Labute approximate surface area is 199 Å². The maximum Gasteiger partial charge on any atom is 0.240 e. The fraction of sp³-hybridized carbons (Fsp3) is 0.182. The Morgan fingerprint density at radius 2 is 1.88 bits per heavy atom. The standard InChI is InChI=1S/C22H22BrN5O4S/c1-14-9-15(29)11-16(10-14)33(31,32)26-8-4-7-24-21-12-19(17-5-2-3-6-20(17)30)27-22-18(23)13-25-28(21)22/h2-3,5-6,9-13,24,26,29-30H,4,7-8H2,1H3. The molecule has 0 saturated heterocycles. The first kappa shape index (κ1) is 23.0. The van der Waals surface area contributed by atoms with Gasteiger partial charge in [-0.05, 0) is 65.2 Å². The van der Waals surface area contributed by atoms with Gasteiger partial charge in [-0.25, -0.2) is 18.1 Å². The van der Waals surface area contributed by atoms with Crippen LogP contribution in [0.3, 0.4) is 0 Å². The number of rotatable bonds is 8. The summed E-state index contributed by atoms with van der Waals surface area (Å²) < 4.78 is 29.9. The zero-order valence-electron chi connectivity index (χ0n) is 17.7. The van der Waals surface area contributed by atoms with Crippen LogP contribution >= 0.6 is 15.9 Å². The van der Waals surface area contributed by atoms with Crippen molar-refractivity contribution in [2.24, 2.45) is 0 Å². The number of nitrogens with one attached hydrogen (secondary N) is 2. The third kappa shape index (κ3) is 5.10. The number of fused-ring (bicyclic) bond motifs is 1. The molecule has 0 fully saturated rings. The minimum atomic E-state index is -3.73. The van der Waals surface area contributed by atoms with Crippen LogP contribution in [0.1, 0.15) is 12.0 Å². The first-order valence-electron chi connectivity index (χ1n) is 10.1. The van der Waals surface area contributed by atoms with Gasteiger partial charge in [0.2, 0.25) is 10.0 Å². The SMILES string of the molecule is Cc1cc(O)cc(S(=O)(=O)NCCCNc2cc(-c3ccccc3O)nc3c(Br)cnn23)c1. The number of para-hydroxylation sites is 1. The predicted octanol–water partition coefficient (Wildman–Crippen LogP) is 3.66. The number of phenols is 2. The highest BCUT2D eigenvalue weighted by molar-refractivity contribution is 9.10. The van der Waals surface area contributed by atoms with Crippen LogP contribution in [0.4, 0.5) is 5.82 Å². The molecule has 4 aromatic rings. The summed E-state index contributed by atoms with van der Waals surface area (Å²) in [5.41, 5.74) is 2.40. The van der Waals surface area contributed by atoms with E-state index in [1.54, 1.807) is 41.9 Å². The molecule has 0 spiro atoms. The lowest BCUT2D eigenvalue weighted by Gasteiger charge is -2.12. The molecule has 172 valence electrons. The number of aromatic nitrogens is 3. The van der Waals surface area contributed by atoms with Crippen molar-refractivity contribution >= 4 is 37.4 Å². The topological polar surface area (TPSA) is 129 Å². The highest BCUT2D eigenvalue weighted by Crippen LogP contribution is 2.31. The van der Waals surface area contributed by atoms with Gasteiger partial charge in [-0.3, -0.25) is 0 Å². The number of aromatic hydroxyl groups is 2. The van der Waals surface area contributed by atoms with Crippen LogP contribution in [0, 0.1) is 6.92 Å². The Balaban J connectivity index is 1.46. The van der Waals surface area contributed by atoms with Crippen molar-refractivity contribution in [2.45, 2.75) is 18.2 Å². The normalized spacial score (nSPS) is 11.7. The third-order valence-electron chi connectivity index (χ3n) is 4.91. The molecule has 0 aliphatic heterocycles. The fourth-order valence-electron chi connectivity index (χ4n) is 3.37. The van der Waals surface area contributed by atoms with Crippen molar-refractivity contribution in [3.8, 4) is 22.8 Å². The maximum atomic E-state index is 12.5.